The van der Waals surface area contributed by atoms with Crippen LogP contribution in [0.3, 0.4) is 0 Å². The van der Waals surface area contributed by atoms with Gasteiger partial charge >= 0.3 is 20.2 Å². The number of ether oxygens (including phenoxy) is 2. The van der Waals surface area contributed by atoms with Crippen LogP contribution in [0.2, 0.25) is 0 Å². The van der Waals surface area contributed by atoms with Gasteiger partial charge in [0.05, 0.1) is 0 Å². The van der Waals surface area contributed by atoms with Crippen molar-refractivity contribution in [2.24, 2.45) is 0 Å². The molecule has 0 aliphatic rings. The van der Waals surface area contributed by atoms with Crippen LogP contribution in [0.1, 0.15) is 194 Å². The fraction of sp³-hybridized carbons (Fsp3) is 0.857. The van der Waals surface area contributed by atoms with Gasteiger partial charge in [-0.25, -0.2) is 0 Å². The predicted octanol–water partition coefficient (Wildman–Crippen LogP) is 12.4. The molecule has 1 N–H and O–H groups in total. The molecule has 0 saturated heterocycles. The number of rotatable bonds is 40. The van der Waals surface area contributed by atoms with Gasteiger partial charge in [0.1, 0.15) is 19.8 Å². The Hall–Kier alpha value is -1.60. The van der Waals surface area contributed by atoms with Gasteiger partial charge in [-0.05, 0) is 71.3 Å². The highest BCUT2D eigenvalue weighted by atomic mass is 31.1. The third kappa shape index (κ3) is 39.4. The Morgan fingerprint density at radius 3 is 1.41 bits per heavy atom. The molecule has 0 aliphatic carbocycles. The molecule has 0 spiro atoms. The number of carbonyl (C=O) groups is 2. The molecule has 0 bridgehead atoms. The van der Waals surface area contributed by atoms with Crippen molar-refractivity contribution >= 4 is 20.2 Å². The second-order valence-electron chi connectivity index (χ2n) is 13.9. The van der Waals surface area contributed by atoms with E-state index in [4.69, 9.17) is 18.5 Å². The maximum atomic E-state index is 12.6. The van der Waals surface area contributed by atoms with Crippen molar-refractivity contribution < 1.29 is 32.7 Å². The number of nitrogens with one attached hydrogen (secondary N) is 1. The average molecular weight is 741 g/mol. The standard InChI is InChI=1S/C42H79NO7P/c1-4-6-8-10-12-14-16-18-20-22-24-26-28-30-32-34-41(44)47-38-40(39-49-51(46)48-37-36-43-3)50-42(45)35-33-31-29-27-25-23-21-19-17-15-13-11-9-7-5-2/h18-21,40,43H,4-17,22-39H2,1-3H3/q+1/b20-18-,21-19-. The zero-order valence-electron chi connectivity index (χ0n) is 33.3. The van der Waals surface area contributed by atoms with E-state index in [-0.39, 0.29) is 31.8 Å². The highest BCUT2D eigenvalue weighted by molar-refractivity contribution is 7.33. The van der Waals surface area contributed by atoms with Crippen LogP contribution in [0.25, 0.3) is 0 Å². The first kappa shape index (κ1) is 49.4. The molecule has 0 rings (SSSR count). The lowest BCUT2D eigenvalue weighted by molar-refractivity contribution is -0.161. The highest BCUT2D eigenvalue weighted by Gasteiger charge is 2.26. The Bertz CT molecular complexity index is 851. The fourth-order valence-electron chi connectivity index (χ4n) is 5.70. The van der Waals surface area contributed by atoms with Crippen molar-refractivity contribution in [1.82, 2.24) is 5.32 Å². The topological polar surface area (TPSA) is 100 Å². The second-order valence-corrected chi connectivity index (χ2v) is 14.9. The minimum absolute atomic E-state index is 0.123. The quantitative estimate of drug-likeness (QED) is 0.0287. The third-order valence-electron chi connectivity index (χ3n) is 8.93. The zero-order valence-corrected chi connectivity index (χ0v) is 34.2. The number of likely N-dealkylation sites (N-methyl/N-ethyl adjacent to an activating group) is 1. The van der Waals surface area contributed by atoms with E-state index in [0.717, 1.165) is 64.2 Å². The summed E-state index contributed by atoms with van der Waals surface area (Å²) in [5.74, 6) is -0.679. The number of hydrogen-bond acceptors (Lipinski definition) is 8. The molecule has 2 atom stereocenters. The normalized spacial score (nSPS) is 12.6. The molecule has 8 nitrogen and oxygen atoms in total. The van der Waals surface area contributed by atoms with Crippen LogP contribution in [0.5, 0.6) is 0 Å². The SMILES string of the molecule is CCCCCCCC/C=C\CCCCCCCC(=O)OCC(CO[P+](=O)OCCNC)OC(=O)CCCCCCC/C=C\CCCCCCCC. The maximum Gasteiger partial charge on any atom is 0.697 e. The monoisotopic (exact) mass is 741 g/mol. The molecule has 0 radical (unpaired) electrons. The van der Waals surface area contributed by atoms with Gasteiger partial charge in [0.15, 0.2) is 6.10 Å². The van der Waals surface area contributed by atoms with Gasteiger partial charge in [-0.2, -0.15) is 0 Å². The minimum atomic E-state index is -2.36. The van der Waals surface area contributed by atoms with Gasteiger partial charge in [-0.15, -0.1) is 9.05 Å². The zero-order chi connectivity index (χ0) is 37.3. The van der Waals surface area contributed by atoms with Crippen molar-refractivity contribution in [3.63, 3.8) is 0 Å². The maximum absolute atomic E-state index is 12.6. The first-order chi connectivity index (χ1) is 25.0. The van der Waals surface area contributed by atoms with Gasteiger partial charge in [0.25, 0.3) is 0 Å². The van der Waals surface area contributed by atoms with Crippen molar-refractivity contribution in [1.29, 1.82) is 0 Å². The summed E-state index contributed by atoms with van der Waals surface area (Å²) in [5, 5.41) is 2.91. The summed E-state index contributed by atoms with van der Waals surface area (Å²) in [5.41, 5.74) is 0. The summed E-state index contributed by atoms with van der Waals surface area (Å²) in [6, 6.07) is 0. The second kappa shape index (κ2) is 41.2. The molecule has 0 aromatic heterocycles. The lowest BCUT2D eigenvalue weighted by atomic mass is 10.1. The van der Waals surface area contributed by atoms with Gasteiger partial charge < -0.3 is 14.8 Å². The number of hydrogen-bond donors (Lipinski definition) is 1. The number of unbranched alkanes of at least 4 members (excludes halogenated alkanes) is 22. The van der Waals surface area contributed by atoms with Gasteiger partial charge in [0.2, 0.25) is 0 Å². The number of allylic oxidation sites excluding steroid dienone is 4. The molecule has 51 heavy (non-hydrogen) atoms. The molecule has 2 unspecified atom stereocenters. The van der Waals surface area contributed by atoms with Crippen LogP contribution in [0, 0.1) is 0 Å². The lowest BCUT2D eigenvalue weighted by Gasteiger charge is -2.16. The van der Waals surface area contributed by atoms with Crippen molar-refractivity contribution in [3.05, 3.63) is 24.3 Å². The molecule has 0 aromatic rings. The molecule has 298 valence electrons. The molecule has 0 fully saturated rings. The molecule has 9 heteroatoms. The van der Waals surface area contributed by atoms with Crippen LogP contribution >= 0.6 is 8.25 Å². The predicted molar refractivity (Wildman–Crippen MR) is 213 cm³/mol. The van der Waals surface area contributed by atoms with E-state index in [1.807, 2.05) is 0 Å². The van der Waals surface area contributed by atoms with E-state index in [9.17, 15) is 14.2 Å². The summed E-state index contributed by atoms with van der Waals surface area (Å²) in [7, 11) is -0.590. The number of carbonyl (C=O) groups excluding carboxylic acids is 2. The van der Waals surface area contributed by atoms with E-state index in [1.165, 1.54) is 103 Å². The molecule has 0 heterocycles. The largest absolute Gasteiger partial charge is 0.697 e. The van der Waals surface area contributed by atoms with Gasteiger partial charge in [-0.3, -0.25) is 9.59 Å². The first-order valence-electron chi connectivity index (χ1n) is 21.1. The molecule has 0 amide bonds. The molecular formula is C42H79NO7P+. The van der Waals surface area contributed by atoms with Crippen LogP contribution in [0.4, 0.5) is 0 Å². The summed E-state index contributed by atoms with van der Waals surface area (Å²) in [4.78, 5) is 25.0. The Kier molecular flexibility index (Phi) is 39.9. The Morgan fingerprint density at radius 1 is 0.549 bits per heavy atom. The van der Waals surface area contributed by atoms with E-state index in [0.29, 0.717) is 19.4 Å². The Labute approximate surface area is 315 Å². The molecule has 0 saturated carbocycles. The number of esters is 2. The minimum Gasteiger partial charge on any atom is -0.462 e. The summed E-state index contributed by atoms with van der Waals surface area (Å²) in [6.07, 6.45) is 40.2. The summed E-state index contributed by atoms with van der Waals surface area (Å²) in [6.45, 7) is 4.99. The van der Waals surface area contributed by atoms with Crippen molar-refractivity contribution in [2.45, 2.75) is 200 Å². The first-order valence-corrected chi connectivity index (χ1v) is 22.2. The van der Waals surface area contributed by atoms with Crippen molar-refractivity contribution in [2.75, 3.05) is 33.4 Å². The average Bonchev–Trinajstić information content (AvgIpc) is 3.12. The van der Waals surface area contributed by atoms with Crippen molar-refractivity contribution in [3.8, 4) is 0 Å². The van der Waals surface area contributed by atoms with Crippen LogP contribution in [-0.4, -0.2) is 51.5 Å². The molecule has 0 aromatic carbocycles. The Balaban J connectivity index is 4.15. The van der Waals surface area contributed by atoms with Gasteiger partial charge in [-0.1, -0.05) is 141 Å². The fourth-order valence-corrected chi connectivity index (χ4v) is 6.31. The molecular weight excluding hydrogens is 661 g/mol. The Morgan fingerprint density at radius 2 is 0.961 bits per heavy atom. The van der Waals surface area contributed by atoms with E-state index in [2.05, 4.69) is 43.5 Å². The van der Waals surface area contributed by atoms with E-state index in [1.54, 1.807) is 7.05 Å². The van der Waals surface area contributed by atoms with Crippen LogP contribution < -0.4 is 5.32 Å². The smallest absolute Gasteiger partial charge is 0.462 e. The van der Waals surface area contributed by atoms with E-state index < -0.39 is 14.4 Å². The molecule has 0 aliphatic heterocycles. The third-order valence-corrected chi connectivity index (χ3v) is 9.68. The highest BCUT2D eigenvalue weighted by Crippen LogP contribution is 2.24. The van der Waals surface area contributed by atoms with Crippen LogP contribution in [-0.2, 0) is 32.7 Å². The van der Waals surface area contributed by atoms with Crippen LogP contribution in [0.15, 0.2) is 24.3 Å². The van der Waals surface area contributed by atoms with Gasteiger partial charge in [0, 0.05) is 24.0 Å². The lowest BCUT2D eigenvalue weighted by Crippen LogP contribution is -2.29. The summed E-state index contributed by atoms with van der Waals surface area (Å²) < 4.78 is 33.5. The van der Waals surface area contributed by atoms with E-state index >= 15 is 0 Å². The summed E-state index contributed by atoms with van der Waals surface area (Å²) >= 11 is 0.